The van der Waals surface area contributed by atoms with Gasteiger partial charge < -0.3 is 19.5 Å². The van der Waals surface area contributed by atoms with Crippen LogP contribution in [-0.4, -0.2) is 78.0 Å². The van der Waals surface area contributed by atoms with Crippen LogP contribution in [0.4, 0.5) is 5.69 Å². The second-order valence-electron chi connectivity index (χ2n) is 11.2. The average Bonchev–Trinajstić information content (AvgIpc) is 3.58. The van der Waals surface area contributed by atoms with Gasteiger partial charge in [-0.1, -0.05) is 36.4 Å². The number of nitrogens with one attached hydrogen (secondary N) is 1. The number of carbonyl (C=O) groups excluding carboxylic acids is 2. The third-order valence-corrected chi connectivity index (χ3v) is 8.44. The van der Waals surface area contributed by atoms with Crippen LogP contribution in [0.1, 0.15) is 27.1 Å². The van der Waals surface area contributed by atoms with Crippen molar-refractivity contribution in [2.45, 2.75) is 6.42 Å². The minimum absolute atomic E-state index is 0.232. The first-order valence-electron chi connectivity index (χ1n) is 14.7. The zero-order valence-corrected chi connectivity index (χ0v) is 24.1. The third kappa shape index (κ3) is 5.26. The highest BCUT2D eigenvalue weighted by molar-refractivity contribution is 6.21. The van der Waals surface area contributed by atoms with Crippen molar-refractivity contribution in [1.82, 2.24) is 19.8 Å². The van der Waals surface area contributed by atoms with E-state index in [1.807, 2.05) is 36.7 Å². The maximum atomic E-state index is 12.6. The number of piperazine rings is 1. The number of amides is 2. The Bertz CT molecular complexity index is 1750. The van der Waals surface area contributed by atoms with E-state index in [1.54, 1.807) is 24.3 Å². The summed E-state index contributed by atoms with van der Waals surface area (Å²) in [5.74, 6) is 0.276. The maximum absolute atomic E-state index is 12.6. The highest BCUT2D eigenvalue weighted by Gasteiger charge is 2.34. The van der Waals surface area contributed by atoms with Crippen LogP contribution in [0, 0.1) is 0 Å². The number of carbonyl (C=O) groups is 2. The van der Waals surface area contributed by atoms with Crippen LogP contribution in [-0.2, 0) is 0 Å². The molecule has 1 saturated heterocycles. The summed E-state index contributed by atoms with van der Waals surface area (Å²) < 4.78 is 5.93. The van der Waals surface area contributed by atoms with E-state index in [9.17, 15) is 9.59 Å². The molecule has 2 amide bonds. The quantitative estimate of drug-likeness (QED) is 0.190. The monoisotopic (exact) mass is 571 g/mol. The summed E-state index contributed by atoms with van der Waals surface area (Å²) in [6.45, 7) is 5.01. The van der Waals surface area contributed by atoms with Crippen molar-refractivity contribution in [3.05, 3.63) is 102 Å². The number of likely N-dealkylation sites (N-methyl/N-ethyl adjacent to an activating group) is 1. The van der Waals surface area contributed by atoms with Crippen LogP contribution in [0.15, 0.2) is 91.3 Å². The van der Waals surface area contributed by atoms with Gasteiger partial charge in [0.05, 0.1) is 17.7 Å². The lowest BCUT2D eigenvalue weighted by Crippen LogP contribution is -2.44. The Morgan fingerprint density at radius 1 is 0.791 bits per heavy atom. The number of benzene rings is 3. The van der Waals surface area contributed by atoms with Gasteiger partial charge in [-0.05, 0) is 67.1 Å². The Balaban J connectivity index is 0.991. The van der Waals surface area contributed by atoms with Gasteiger partial charge in [-0.2, -0.15) is 0 Å². The lowest BCUT2D eigenvalue weighted by atomic mass is 10.0. The van der Waals surface area contributed by atoms with Gasteiger partial charge in [0.2, 0.25) is 0 Å². The lowest BCUT2D eigenvalue weighted by molar-refractivity contribution is 0.0646. The molecule has 216 valence electrons. The molecule has 2 aliphatic rings. The van der Waals surface area contributed by atoms with Crippen molar-refractivity contribution in [3.63, 3.8) is 0 Å². The molecule has 0 radical (unpaired) electrons. The number of anilines is 1. The highest BCUT2D eigenvalue weighted by Crippen LogP contribution is 2.33. The van der Waals surface area contributed by atoms with Crippen molar-refractivity contribution in [2.75, 3.05) is 51.3 Å². The molecule has 7 rings (SSSR count). The zero-order valence-electron chi connectivity index (χ0n) is 24.1. The van der Waals surface area contributed by atoms with Gasteiger partial charge in [0.15, 0.2) is 0 Å². The molecule has 0 bridgehead atoms. The fourth-order valence-electron chi connectivity index (χ4n) is 5.92. The number of ether oxygens (including phenoxy) is 1. The number of fused-ring (bicyclic) bond motifs is 2. The second kappa shape index (κ2) is 11.4. The van der Waals surface area contributed by atoms with Crippen LogP contribution in [0.3, 0.4) is 0 Å². The zero-order chi connectivity index (χ0) is 29.3. The first-order valence-corrected chi connectivity index (χ1v) is 14.7. The van der Waals surface area contributed by atoms with Crippen molar-refractivity contribution in [2.24, 2.45) is 0 Å². The first-order chi connectivity index (χ1) is 21.0. The van der Waals surface area contributed by atoms with Gasteiger partial charge in [0.25, 0.3) is 11.8 Å². The van der Waals surface area contributed by atoms with Gasteiger partial charge in [-0.3, -0.25) is 14.5 Å². The number of pyridine rings is 1. The molecule has 1 N–H and O–H groups in total. The number of nitrogens with zero attached hydrogens (tertiary/aromatic N) is 4. The van der Waals surface area contributed by atoms with E-state index in [4.69, 9.17) is 9.72 Å². The number of hydrogen-bond donors (Lipinski definition) is 1. The molecular weight excluding hydrogens is 538 g/mol. The summed E-state index contributed by atoms with van der Waals surface area (Å²) in [5.41, 5.74) is 7.43. The second-order valence-corrected chi connectivity index (χ2v) is 11.2. The molecule has 43 heavy (non-hydrogen) atoms. The lowest BCUT2D eigenvalue weighted by Gasteiger charge is -2.34. The van der Waals surface area contributed by atoms with E-state index in [1.165, 1.54) is 10.6 Å². The van der Waals surface area contributed by atoms with Gasteiger partial charge in [0.1, 0.15) is 11.4 Å². The fourth-order valence-corrected chi connectivity index (χ4v) is 5.92. The fraction of sp³-hybridized carbons (Fsp3) is 0.229. The largest absolute Gasteiger partial charge is 0.494 e. The summed E-state index contributed by atoms with van der Waals surface area (Å²) in [5, 5.41) is 1.07. The molecule has 0 aliphatic carbocycles. The predicted molar refractivity (Wildman–Crippen MR) is 169 cm³/mol. The molecule has 5 aromatic rings. The predicted octanol–water partition coefficient (Wildman–Crippen LogP) is 5.71. The number of hydrogen-bond acceptors (Lipinski definition) is 6. The van der Waals surface area contributed by atoms with E-state index < -0.39 is 0 Å². The van der Waals surface area contributed by atoms with Crippen LogP contribution >= 0.6 is 0 Å². The van der Waals surface area contributed by atoms with Crippen LogP contribution in [0.2, 0.25) is 0 Å². The average molecular weight is 572 g/mol. The van der Waals surface area contributed by atoms with Crippen LogP contribution < -0.4 is 9.64 Å². The van der Waals surface area contributed by atoms with Gasteiger partial charge in [-0.25, -0.2) is 4.98 Å². The molecule has 2 aliphatic heterocycles. The number of aromatic amines is 1. The summed E-state index contributed by atoms with van der Waals surface area (Å²) in [6.07, 6.45) is 4.47. The normalized spacial score (nSPS) is 15.4. The summed E-state index contributed by atoms with van der Waals surface area (Å²) >= 11 is 0. The topological polar surface area (TPSA) is 81.8 Å². The standard InChI is InChI=1S/C35H33N5O3/c1-38-16-18-39(19-17-38)27-11-7-24(8-12-27)26-21-31-32(23-37-33(31)36-22-26)25-9-13-28(14-10-25)43-20-4-15-40-34(41)29-5-2-3-6-30(29)35(40)42/h2-3,5-14,21-23H,4,15-20H2,1H3,(H,36,37). The Morgan fingerprint density at radius 3 is 2.16 bits per heavy atom. The smallest absolute Gasteiger partial charge is 0.261 e. The molecule has 1 fully saturated rings. The maximum Gasteiger partial charge on any atom is 0.261 e. The summed E-state index contributed by atoms with van der Waals surface area (Å²) in [4.78, 5) is 39.2. The summed E-state index contributed by atoms with van der Waals surface area (Å²) in [6, 6.07) is 25.9. The van der Waals surface area contributed by atoms with E-state index in [0.717, 1.165) is 65.2 Å². The van der Waals surface area contributed by atoms with E-state index >= 15 is 0 Å². The minimum atomic E-state index is -0.232. The Labute approximate surface area is 250 Å². The number of aromatic nitrogens is 2. The molecule has 0 saturated carbocycles. The van der Waals surface area contributed by atoms with Crippen LogP contribution in [0.5, 0.6) is 5.75 Å². The molecule has 3 aromatic carbocycles. The Hall–Kier alpha value is -4.95. The van der Waals surface area contributed by atoms with Crippen molar-refractivity contribution in [1.29, 1.82) is 0 Å². The highest BCUT2D eigenvalue weighted by atomic mass is 16.5. The molecule has 0 atom stereocenters. The molecule has 0 unspecified atom stereocenters. The van der Waals surface area contributed by atoms with Gasteiger partial charge >= 0.3 is 0 Å². The number of H-pyrrole nitrogens is 1. The number of imide groups is 1. The van der Waals surface area contributed by atoms with Crippen LogP contribution in [0.25, 0.3) is 33.3 Å². The molecular formula is C35H33N5O3. The van der Waals surface area contributed by atoms with E-state index in [2.05, 4.69) is 52.2 Å². The number of rotatable bonds is 8. The first kappa shape index (κ1) is 26.9. The molecule has 2 aromatic heterocycles. The molecule has 0 spiro atoms. The third-order valence-electron chi connectivity index (χ3n) is 8.44. The molecule has 8 heteroatoms. The van der Waals surface area contributed by atoms with Gasteiger partial charge in [-0.15, -0.1) is 0 Å². The van der Waals surface area contributed by atoms with E-state index in [0.29, 0.717) is 30.7 Å². The Morgan fingerprint density at radius 2 is 1.47 bits per heavy atom. The van der Waals surface area contributed by atoms with Gasteiger partial charge in [0, 0.05) is 67.3 Å². The minimum Gasteiger partial charge on any atom is -0.494 e. The molecule has 8 nitrogen and oxygen atoms in total. The van der Waals surface area contributed by atoms with Crippen molar-refractivity contribution in [3.8, 4) is 28.0 Å². The summed E-state index contributed by atoms with van der Waals surface area (Å²) in [7, 11) is 2.17. The molecule has 4 heterocycles. The Kier molecular flexibility index (Phi) is 7.12. The SMILES string of the molecule is CN1CCN(c2ccc(-c3cnc4[nH]cc(-c5ccc(OCCCN6C(=O)c7ccccc7C6=O)cc5)c4c3)cc2)CC1. The van der Waals surface area contributed by atoms with E-state index in [-0.39, 0.29) is 11.8 Å². The van der Waals surface area contributed by atoms with Crippen molar-refractivity contribution < 1.29 is 14.3 Å². The van der Waals surface area contributed by atoms with Crippen molar-refractivity contribution >= 4 is 28.5 Å².